The Morgan fingerprint density at radius 1 is 1.03 bits per heavy atom. The predicted octanol–water partition coefficient (Wildman–Crippen LogP) is 3.49. The average Bonchev–Trinajstić information content (AvgIpc) is 2.91. The van der Waals surface area contributed by atoms with Gasteiger partial charge in [-0.25, -0.2) is 4.39 Å². The van der Waals surface area contributed by atoms with Gasteiger partial charge >= 0.3 is 0 Å². The van der Waals surface area contributed by atoms with Crippen molar-refractivity contribution in [3.05, 3.63) is 66.2 Å². The Bertz CT molecular complexity index is 1070. The molecule has 34 heavy (non-hydrogen) atoms. The highest BCUT2D eigenvalue weighted by Gasteiger charge is 2.27. The fraction of sp³-hybridized carbons (Fsp3) is 0.400. The molecule has 3 heterocycles. The lowest BCUT2D eigenvalue weighted by Gasteiger charge is -2.33. The molecule has 0 aliphatic carbocycles. The highest BCUT2D eigenvalue weighted by atomic mass is 19.1. The summed E-state index contributed by atoms with van der Waals surface area (Å²) in [5, 5.41) is 3.35. The molecule has 9 heteroatoms. The van der Waals surface area contributed by atoms with Crippen LogP contribution in [0.2, 0.25) is 0 Å². The molecule has 178 valence electrons. The van der Waals surface area contributed by atoms with Gasteiger partial charge in [-0.15, -0.1) is 0 Å². The molecular formula is C25H29FN6O2. The van der Waals surface area contributed by atoms with E-state index < -0.39 is 0 Å². The zero-order valence-electron chi connectivity index (χ0n) is 19.2. The molecule has 2 saturated heterocycles. The zero-order chi connectivity index (χ0) is 23.3. The van der Waals surface area contributed by atoms with Crippen molar-refractivity contribution in [3.8, 4) is 5.75 Å². The highest BCUT2D eigenvalue weighted by Crippen LogP contribution is 2.27. The van der Waals surface area contributed by atoms with E-state index in [1.165, 1.54) is 12.1 Å². The van der Waals surface area contributed by atoms with E-state index in [0.29, 0.717) is 36.6 Å². The van der Waals surface area contributed by atoms with Gasteiger partial charge in [0.2, 0.25) is 11.9 Å². The van der Waals surface area contributed by atoms with Gasteiger partial charge < -0.3 is 24.6 Å². The van der Waals surface area contributed by atoms with Crippen LogP contribution >= 0.6 is 0 Å². The molecule has 2 fully saturated rings. The number of morpholine rings is 1. The number of hydrogen-bond acceptors (Lipinski definition) is 8. The number of rotatable bonds is 6. The highest BCUT2D eigenvalue weighted by molar-refractivity contribution is 5.57. The average molecular weight is 465 g/mol. The van der Waals surface area contributed by atoms with Crippen molar-refractivity contribution in [1.29, 1.82) is 0 Å². The van der Waals surface area contributed by atoms with Gasteiger partial charge in [0.05, 0.1) is 6.61 Å². The summed E-state index contributed by atoms with van der Waals surface area (Å²) >= 11 is 0. The van der Waals surface area contributed by atoms with Crippen molar-refractivity contribution in [3.63, 3.8) is 0 Å². The number of nitrogens with one attached hydrogen (secondary N) is 1. The van der Waals surface area contributed by atoms with Crippen molar-refractivity contribution in [2.75, 3.05) is 49.6 Å². The van der Waals surface area contributed by atoms with Crippen molar-refractivity contribution in [2.24, 2.45) is 0 Å². The maximum absolute atomic E-state index is 13.2. The molecule has 1 atom stereocenters. The van der Waals surface area contributed by atoms with Crippen LogP contribution in [-0.4, -0.2) is 60.9 Å². The molecule has 8 nitrogen and oxygen atoms in total. The van der Waals surface area contributed by atoms with Crippen LogP contribution in [0, 0.1) is 5.82 Å². The van der Waals surface area contributed by atoms with Gasteiger partial charge in [-0.3, -0.25) is 0 Å². The summed E-state index contributed by atoms with van der Waals surface area (Å²) in [7, 11) is 1.96. The fourth-order valence-electron chi connectivity index (χ4n) is 4.18. The van der Waals surface area contributed by atoms with Crippen LogP contribution in [0.1, 0.15) is 24.8 Å². The van der Waals surface area contributed by atoms with Gasteiger partial charge in [-0.2, -0.15) is 15.0 Å². The Balaban J connectivity index is 1.34. The van der Waals surface area contributed by atoms with E-state index in [9.17, 15) is 4.39 Å². The topological polar surface area (TPSA) is 75.6 Å². The lowest BCUT2D eigenvalue weighted by molar-refractivity contribution is 0.0221. The zero-order valence-corrected chi connectivity index (χ0v) is 19.2. The molecule has 2 aliphatic heterocycles. The summed E-state index contributed by atoms with van der Waals surface area (Å²) in [6.45, 7) is 3.64. The first-order valence-corrected chi connectivity index (χ1v) is 11.7. The monoisotopic (exact) mass is 464 g/mol. The molecule has 0 spiro atoms. The molecule has 2 aliphatic rings. The van der Waals surface area contributed by atoms with E-state index in [1.54, 1.807) is 12.1 Å². The van der Waals surface area contributed by atoms with Crippen molar-refractivity contribution < 1.29 is 13.9 Å². The number of piperidine rings is 1. The SMILES string of the molecule is CN(c1ccccc1)c1nc(C2CNCCO2)nc(N2CCC(Oc3ccc(F)cc3)CC2)n1. The van der Waals surface area contributed by atoms with E-state index in [-0.39, 0.29) is 18.0 Å². The largest absolute Gasteiger partial charge is 0.490 e. The van der Waals surface area contributed by atoms with Crippen molar-refractivity contribution >= 4 is 17.6 Å². The van der Waals surface area contributed by atoms with E-state index in [1.807, 2.05) is 42.3 Å². The number of anilines is 3. The maximum Gasteiger partial charge on any atom is 0.234 e. The summed E-state index contributed by atoms with van der Waals surface area (Å²) in [6.07, 6.45) is 1.51. The second-order valence-corrected chi connectivity index (χ2v) is 8.51. The van der Waals surface area contributed by atoms with Gasteiger partial charge in [0.1, 0.15) is 23.8 Å². The third kappa shape index (κ3) is 5.26. The summed E-state index contributed by atoms with van der Waals surface area (Å²) in [4.78, 5) is 18.5. The van der Waals surface area contributed by atoms with Crippen LogP contribution in [0.25, 0.3) is 0 Å². The van der Waals surface area contributed by atoms with Crippen LogP contribution in [0.15, 0.2) is 54.6 Å². The standard InChI is InChI=1S/C25H29FN6O2/c1-31(19-5-3-2-4-6-19)24-28-23(22-17-27-13-16-33-22)29-25(30-24)32-14-11-21(12-15-32)34-20-9-7-18(26)8-10-20/h2-10,21-22,27H,11-17H2,1H3. The third-order valence-electron chi connectivity index (χ3n) is 6.13. The molecule has 0 radical (unpaired) electrons. The molecule has 1 aromatic heterocycles. The predicted molar refractivity (Wildman–Crippen MR) is 128 cm³/mol. The van der Waals surface area contributed by atoms with Crippen LogP contribution in [0.3, 0.4) is 0 Å². The van der Waals surface area contributed by atoms with E-state index in [0.717, 1.165) is 38.2 Å². The Morgan fingerprint density at radius 2 is 1.79 bits per heavy atom. The van der Waals surface area contributed by atoms with Crippen LogP contribution in [-0.2, 0) is 4.74 Å². The molecule has 0 bridgehead atoms. The first-order valence-electron chi connectivity index (χ1n) is 11.7. The summed E-state index contributed by atoms with van der Waals surface area (Å²) < 4.78 is 25.2. The number of hydrogen-bond donors (Lipinski definition) is 1. The van der Waals surface area contributed by atoms with Crippen LogP contribution in [0.4, 0.5) is 22.0 Å². The molecule has 1 unspecified atom stereocenters. The number of ether oxygens (including phenoxy) is 2. The van der Waals surface area contributed by atoms with Crippen molar-refractivity contribution in [2.45, 2.75) is 25.0 Å². The number of halogens is 1. The smallest absolute Gasteiger partial charge is 0.234 e. The minimum atomic E-state index is -0.263. The minimum Gasteiger partial charge on any atom is -0.490 e. The van der Waals surface area contributed by atoms with E-state index >= 15 is 0 Å². The third-order valence-corrected chi connectivity index (χ3v) is 6.13. The number of para-hydroxylation sites is 1. The van der Waals surface area contributed by atoms with Gasteiger partial charge in [0, 0.05) is 51.8 Å². The Morgan fingerprint density at radius 3 is 2.50 bits per heavy atom. The van der Waals surface area contributed by atoms with Gasteiger partial charge in [-0.1, -0.05) is 18.2 Å². The number of benzene rings is 2. The molecular weight excluding hydrogens is 435 g/mol. The molecule has 0 amide bonds. The first-order chi connectivity index (χ1) is 16.7. The normalized spacial score (nSPS) is 19.1. The van der Waals surface area contributed by atoms with Crippen LogP contribution < -0.4 is 19.9 Å². The maximum atomic E-state index is 13.2. The Hall–Kier alpha value is -3.30. The molecule has 2 aromatic carbocycles. The fourth-order valence-corrected chi connectivity index (χ4v) is 4.18. The number of aromatic nitrogens is 3. The van der Waals surface area contributed by atoms with E-state index in [4.69, 9.17) is 24.4 Å². The van der Waals surface area contributed by atoms with Gasteiger partial charge in [0.25, 0.3) is 0 Å². The lowest BCUT2D eigenvalue weighted by atomic mass is 10.1. The lowest BCUT2D eigenvalue weighted by Crippen LogP contribution is -2.40. The summed E-state index contributed by atoms with van der Waals surface area (Å²) in [5.41, 5.74) is 1.000. The Kier molecular flexibility index (Phi) is 6.82. The molecule has 0 saturated carbocycles. The van der Waals surface area contributed by atoms with Gasteiger partial charge in [-0.05, 0) is 36.4 Å². The Labute approximate surface area is 198 Å². The molecule has 1 N–H and O–H groups in total. The number of nitrogens with zero attached hydrogens (tertiary/aromatic N) is 5. The second-order valence-electron chi connectivity index (χ2n) is 8.51. The van der Waals surface area contributed by atoms with Crippen LogP contribution in [0.5, 0.6) is 5.75 Å². The van der Waals surface area contributed by atoms with E-state index in [2.05, 4.69) is 10.2 Å². The summed E-state index contributed by atoms with van der Waals surface area (Å²) in [6, 6.07) is 16.2. The van der Waals surface area contributed by atoms with Crippen molar-refractivity contribution in [1.82, 2.24) is 20.3 Å². The molecule has 3 aromatic rings. The molecule has 5 rings (SSSR count). The second kappa shape index (κ2) is 10.3. The summed E-state index contributed by atoms with van der Waals surface area (Å²) in [5.74, 6) is 2.30. The minimum absolute atomic E-state index is 0.0698. The van der Waals surface area contributed by atoms with Gasteiger partial charge in [0.15, 0.2) is 5.82 Å². The quantitative estimate of drug-likeness (QED) is 0.594. The first kappa shape index (κ1) is 22.5.